The van der Waals surface area contributed by atoms with E-state index in [1.807, 2.05) is 0 Å². The monoisotopic (exact) mass is 1690 g/mol. The number of phosphoric acid groups is 2. The van der Waals surface area contributed by atoms with Gasteiger partial charge in [0.15, 0.2) is 0 Å². The number of hydrogen-bond donors (Lipinski definition) is 5. The summed E-state index contributed by atoms with van der Waals surface area (Å²) in [5.74, 6) is -1.17. The van der Waals surface area contributed by atoms with Crippen molar-refractivity contribution >= 4 is 45.4 Å². The van der Waals surface area contributed by atoms with E-state index < -0.39 is 65.7 Å². The second-order valence-electron chi connectivity index (χ2n) is 33.3. The van der Waals surface area contributed by atoms with Crippen LogP contribution in [0.1, 0.15) is 498 Å². The summed E-state index contributed by atoms with van der Waals surface area (Å²) in [6.45, 7) is 13.4. The zero-order valence-corrected chi connectivity index (χ0v) is 82.4. The van der Waals surface area contributed by atoms with Gasteiger partial charge in [-0.05, 0) is 50.9 Å². The molecule has 0 rings (SSSR count). The number of hydrogen-bond acceptors (Lipinski definition) is 14. The molecule has 0 aliphatic rings. The molecule has 0 aliphatic heterocycles. The molecule has 0 aromatic heterocycles. The molecule has 0 bridgehead atoms. The number of nitrogens with one attached hydrogen (secondary N) is 4. The molecule has 4 amide bonds. The van der Waals surface area contributed by atoms with Crippen LogP contribution in [0, 0.1) is 5.92 Å². The molecule has 672 valence electrons. The summed E-state index contributed by atoms with van der Waals surface area (Å²) in [5.41, 5.74) is 0. The Balaban J connectivity index is -0.00000287. The number of aliphatic carboxylic acids is 1. The predicted molar refractivity (Wildman–Crippen MR) is 468 cm³/mol. The van der Waals surface area contributed by atoms with Crippen LogP contribution in [0.5, 0.6) is 0 Å². The number of carbonyl (C=O) groups excluding carboxylic acids is 4. The maximum Gasteiger partial charge on any atom is 1.00 e. The van der Waals surface area contributed by atoms with Crippen LogP contribution < -0.4 is 90.2 Å². The molecular formula is C92H182N4Na2O15P2. The zero-order chi connectivity index (χ0) is 83.3. The number of phosphoric ester groups is 2. The number of amides is 4. The molecule has 6 atom stereocenters. The molecule has 19 nitrogen and oxygen atoms in total. The minimum absolute atomic E-state index is 0. The summed E-state index contributed by atoms with van der Waals surface area (Å²) >= 11 is 0. The van der Waals surface area contributed by atoms with Crippen LogP contribution in [0.4, 0.5) is 4.79 Å². The van der Waals surface area contributed by atoms with Crippen molar-refractivity contribution in [2.75, 3.05) is 39.5 Å². The van der Waals surface area contributed by atoms with E-state index in [4.69, 9.17) is 27.9 Å². The fourth-order valence-corrected chi connectivity index (χ4v) is 16.2. The molecule has 0 saturated heterocycles. The maximum atomic E-state index is 13.6. The zero-order valence-electron chi connectivity index (χ0n) is 76.6. The SMILES string of the molecule is CCCCCCCCCCCCCCC(=O)O.CCCCCCCCCCCCCCC(=O)OC(CCCCCCCCCCC)[C@H](COP(=O)([O-])OCCNC(=O)NCCOP(=O)([O-])OC[C@@H](CC(C)CCCCCCCCCC)NC(=O)CCCCCCCCCCCCC)NC(=O)CCCCCCCCCCCCC.[Na+].[Na+]. The van der Waals surface area contributed by atoms with Crippen LogP contribution in [0.3, 0.4) is 0 Å². The van der Waals surface area contributed by atoms with Gasteiger partial charge in [0.1, 0.15) is 6.10 Å². The maximum absolute atomic E-state index is 13.6. The minimum atomic E-state index is -5.01. The quantitative estimate of drug-likeness (QED) is 0.0164. The average molecular weight is 1690 g/mol. The third-order valence-corrected chi connectivity index (χ3v) is 23.8. The summed E-state index contributed by atoms with van der Waals surface area (Å²) < 4.78 is 53.5. The van der Waals surface area contributed by atoms with Gasteiger partial charge in [-0.3, -0.25) is 28.3 Å². The molecule has 0 aliphatic carbocycles. The van der Waals surface area contributed by atoms with E-state index in [1.165, 1.54) is 283 Å². The molecule has 23 heteroatoms. The van der Waals surface area contributed by atoms with E-state index in [1.54, 1.807) is 0 Å². The summed E-state index contributed by atoms with van der Waals surface area (Å²) in [4.78, 5) is 89.6. The third kappa shape index (κ3) is 93.9. The third-order valence-electron chi connectivity index (χ3n) is 21.9. The van der Waals surface area contributed by atoms with Crippen LogP contribution in [-0.2, 0) is 51.1 Å². The van der Waals surface area contributed by atoms with Gasteiger partial charge >= 0.3 is 77.1 Å². The first-order valence-corrected chi connectivity index (χ1v) is 51.0. The van der Waals surface area contributed by atoms with Gasteiger partial charge in [-0.2, -0.15) is 0 Å². The first kappa shape index (κ1) is 121. The van der Waals surface area contributed by atoms with Gasteiger partial charge < -0.3 is 59.0 Å². The normalized spacial score (nSPS) is 13.4. The minimum Gasteiger partial charge on any atom is -0.756 e. The Labute approximate surface area is 752 Å². The molecule has 0 radical (unpaired) electrons. The Hall–Kier alpha value is -0.630. The van der Waals surface area contributed by atoms with Gasteiger partial charge in [-0.25, -0.2) is 4.79 Å². The fourth-order valence-electron chi connectivity index (χ4n) is 14.7. The van der Waals surface area contributed by atoms with E-state index in [-0.39, 0.29) is 115 Å². The summed E-state index contributed by atoms with van der Waals surface area (Å²) in [6.07, 6.45) is 77.0. The van der Waals surface area contributed by atoms with Gasteiger partial charge in [0, 0.05) is 38.8 Å². The van der Waals surface area contributed by atoms with Crippen LogP contribution in [0.15, 0.2) is 0 Å². The van der Waals surface area contributed by atoms with Gasteiger partial charge in [0.25, 0.3) is 15.6 Å². The van der Waals surface area contributed by atoms with Crippen LogP contribution in [0.25, 0.3) is 0 Å². The molecule has 5 N–H and O–H groups in total. The average Bonchev–Trinajstić information content (AvgIpc) is 0.880. The molecular weight excluding hydrogens is 1510 g/mol. The Kier molecular flexibility index (Phi) is 98.7. The van der Waals surface area contributed by atoms with E-state index >= 15 is 0 Å². The molecule has 0 aromatic carbocycles. The second kappa shape index (κ2) is 94.1. The van der Waals surface area contributed by atoms with Crippen molar-refractivity contribution < 1.29 is 130 Å². The predicted octanol–water partition coefficient (Wildman–Crippen LogP) is 20.3. The van der Waals surface area contributed by atoms with Gasteiger partial charge in [0.2, 0.25) is 11.8 Å². The Morgan fingerprint density at radius 3 is 0.904 bits per heavy atom. The van der Waals surface area contributed by atoms with Crippen molar-refractivity contribution in [3.8, 4) is 0 Å². The number of carboxylic acid groups (broad SMARTS) is 1. The standard InChI is InChI=1S/C77H154N4O13P2.C15H30O2.2Na/c1-7-12-17-22-27-32-35-38-42-47-52-57-62-76(84)94-73(59-54-49-44-39-30-25-20-15-10-4)72(81-75(83)61-56-51-46-41-37-34-29-24-19-14-9-3)69-93-96(88,89)91-66-64-79-77(85)78-63-65-90-95(86,87)92-68-71(67-70(6)58-53-48-43-31-26-21-16-11-5)80-74(82)60-55-50-45-40-36-33-28-23-18-13-8-2;1-2-3-4-5-6-7-8-9-10-11-12-13-14-15(16)17;;/h70-73H,7-69H2,1-6H3,(H,80,82)(H,81,83)(H,86,87)(H,88,89)(H2,78,79,85);2-14H2,1H3,(H,16,17);;/q;;2*+1/p-2/t70?,71-,72+,73?;;;/m1.../s1. The van der Waals surface area contributed by atoms with E-state index in [9.17, 15) is 42.9 Å². The van der Waals surface area contributed by atoms with Gasteiger partial charge in [-0.15, -0.1) is 0 Å². The molecule has 115 heavy (non-hydrogen) atoms. The van der Waals surface area contributed by atoms with Crippen LogP contribution in [0.2, 0.25) is 0 Å². The largest absolute Gasteiger partial charge is 1.00 e. The van der Waals surface area contributed by atoms with Gasteiger partial charge in [0.05, 0.1) is 38.5 Å². The van der Waals surface area contributed by atoms with Gasteiger partial charge in [-0.1, -0.05) is 427 Å². The summed E-state index contributed by atoms with van der Waals surface area (Å²) in [7, 11) is -9.83. The topological polar surface area (TPSA) is 280 Å². The van der Waals surface area contributed by atoms with Crippen molar-refractivity contribution in [3.05, 3.63) is 0 Å². The number of ether oxygens (including phenoxy) is 1. The van der Waals surface area contributed by atoms with Crippen LogP contribution >= 0.6 is 15.6 Å². The van der Waals surface area contributed by atoms with Crippen molar-refractivity contribution in [2.45, 2.75) is 516 Å². The van der Waals surface area contributed by atoms with Crippen molar-refractivity contribution in [1.82, 2.24) is 21.3 Å². The molecule has 0 heterocycles. The molecule has 0 saturated carbocycles. The second-order valence-corrected chi connectivity index (χ2v) is 36.1. The molecule has 0 spiro atoms. The van der Waals surface area contributed by atoms with E-state index in [0.29, 0.717) is 38.5 Å². The fraction of sp³-hybridized carbons (Fsp3) is 0.946. The number of urea groups is 1. The Bertz CT molecular complexity index is 2200. The van der Waals surface area contributed by atoms with Crippen molar-refractivity contribution in [1.29, 1.82) is 0 Å². The number of rotatable bonds is 89. The number of unbranched alkanes of at least 4 members (excludes halogenated alkanes) is 57. The summed E-state index contributed by atoms with van der Waals surface area (Å²) in [5, 5.41) is 19.5. The van der Waals surface area contributed by atoms with Crippen LogP contribution in [-0.4, -0.2) is 92.6 Å². The Morgan fingerprint density at radius 1 is 0.330 bits per heavy atom. The molecule has 0 fully saturated rings. The van der Waals surface area contributed by atoms with Crippen molar-refractivity contribution in [2.24, 2.45) is 5.92 Å². The number of carbonyl (C=O) groups is 5. The first-order chi connectivity index (χ1) is 54.9. The van der Waals surface area contributed by atoms with E-state index in [2.05, 4.69) is 69.7 Å². The molecule has 0 aromatic rings. The number of esters is 1. The number of carboxylic acids is 1. The van der Waals surface area contributed by atoms with Crippen molar-refractivity contribution in [3.63, 3.8) is 0 Å². The first-order valence-electron chi connectivity index (χ1n) is 48.1. The molecule has 4 unspecified atom stereocenters. The summed E-state index contributed by atoms with van der Waals surface area (Å²) in [6, 6.07) is -2.19. The Morgan fingerprint density at radius 2 is 0.591 bits per heavy atom. The smallest absolute Gasteiger partial charge is 0.756 e. The van der Waals surface area contributed by atoms with E-state index in [0.717, 1.165) is 116 Å².